The molecule has 3 nitrogen and oxygen atoms in total. The molecule has 0 aliphatic rings. The predicted octanol–water partition coefficient (Wildman–Crippen LogP) is 1.36. The van der Waals surface area contributed by atoms with Crippen molar-refractivity contribution in [2.24, 2.45) is 0 Å². The quantitative estimate of drug-likeness (QED) is 0.832. The van der Waals surface area contributed by atoms with E-state index in [4.69, 9.17) is 14.8 Å². The molecule has 0 aliphatic carbocycles. The minimum absolute atomic E-state index is 0.0195. The van der Waals surface area contributed by atoms with Crippen molar-refractivity contribution < 1.29 is 28.0 Å². The van der Waals surface area contributed by atoms with Gasteiger partial charge < -0.3 is 14.8 Å². The fraction of sp³-hybridized carbons (Fsp3) is 0.0769. The summed E-state index contributed by atoms with van der Waals surface area (Å²) in [5.41, 5.74) is 0.312. The monoisotopic (exact) mass is 282 g/mol. The molecule has 0 aliphatic heterocycles. The van der Waals surface area contributed by atoms with Crippen LogP contribution in [0.25, 0.3) is 0 Å². The summed E-state index contributed by atoms with van der Waals surface area (Å²) in [6.07, 6.45) is 0. The van der Waals surface area contributed by atoms with Gasteiger partial charge in [-0.05, 0) is 35.3 Å². The normalized spacial score (nSPS) is 10.4. The van der Waals surface area contributed by atoms with Crippen LogP contribution in [-0.2, 0) is 6.61 Å². The average Bonchev–Trinajstić information content (AvgIpc) is 2.39. The minimum Gasteiger partial charge on any atom is -0.489 e. The van der Waals surface area contributed by atoms with E-state index in [2.05, 4.69) is 0 Å². The van der Waals surface area contributed by atoms with Crippen molar-refractivity contribution in [3.8, 4) is 5.75 Å². The number of hydrogen-bond donors (Lipinski definition) is 2. The Labute approximate surface area is 113 Å². The highest BCUT2D eigenvalue weighted by molar-refractivity contribution is 6.58. The molecule has 2 rings (SSSR count). The van der Waals surface area contributed by atoms with Crippen molar-refractivity contribution in [1.29, 1.82) is 0 Å². The van der Waals surface area contributed by atoms with E-state index in [-0.39, 0.29) is 17.8 Å². The lowest BCUT2D eigenvalue weighted by Gasteiger charge is -2.08. The van der Waals surface area contributed by atoms with Crippen molar-refractivity contribution in [2.45, 2.75) is 6.61 Å². The zero-order chi connectivity index (χ0) is 14.7. The van der Waals surface area contributed by atoms with Gasteiger partial charge in [-0.25, -0.2) is 13.2 Å². The Bertz CT molecular complexity index is 620. The number of rotatable bonds is 4. The highest BCUT2D eigenvalue weighted by Crippen LogP contribution is 2.17. The van der Waals surface area contributed by atoms with E-state index < -0.39 is 24.6 Å². The van der Waals surface area contributed by atoms with Crippen LogP contribution in [0.2, 0.25) is 0 Å². The third-order valence-electron chi connectivity index (χ3n) is 2.57. The van der Waals surface area contributed by atoms with Gasteiger partial charge in [-0.1, -0.05) is 6.07 Å². The zero-order valence-electron chi connectivity index (χ0n) is 10.2. The van der Waals surface area contributed by atoms with Gasteiger partial charge in [-0.2, -0.15) is 0 Å². The Balaban J connectivity index is 2.12. The summed E-state index contributed by atoms with van der Waals surface area (Å²) >= 11 is 0. The van der Waals surface area contributed by atoms with E-state index in [1.54, 1.807) is 0 Å². The first kappa shape index (κ1) is 14.4. The maximum Gasteiger partial charge on any atom is 0.488 e. The van der Waals surface area contributed by atoms with E-state index in [1.165, 1.54) is 12.1 Å². The van der Waals surface area contributed by atoms with Gasteiger partial charge >= 0.3 is 7.12 Å². The molecule has 0 amide bonds. The van der Waals surface area contributed by atoms with Gasteiger partial charge in [0.2, 0.25) is 0 Å². The molecule has 104 valence electrons. The highest BCUT2D eigenvalue weighted by atomic mass is 19.2. The standard InChI is InChI=1S/C13H10BF3O3/c15-10-4-8(3-9(5-10)14(18)19)7-20-11-1-2-12(16)13(17)6-11/h1-6,18-19H,7H2. The summed E-state index contributed by atoms with van der Waals surface area (Å²) in [5, 5.41) is 18.0. The molecule has 0 fully saturated rings. The summed E-state index contributed by atoms with van der Waals surface area (Å²) < 4.78 is 44.1. The fourth-order valence-corrected chi connectivity index (χ4v) is 1.64. The largest absolute Gasteiger partial charge is 0.489 e. The van der Waals surface area contributed by atoms with E-state index in [0.717, 1.165) is 24.3 Å². The van der Waals surface area contributed by atoms with Gasteiger partial charge in [0.1, 0.15) is 18.2 Å². The number of hydrogen-bond acceptors (Lipinski definition) is 3. The van der Waals surface area contributed by atoms with Crippen molar-refractivity contribution in [1.82, 2.24) is 0 Å². The molecule has 0 atom stereocenters. The Morgan fingerprint density at radius 2 is 1.70 bits per heavy atom. The van der Waals surface area contributed by atoms with Gasteiger partial charge in [0.15, 0.2) is 11.6 Å². The molecule has 0 saturated heterocycles. The summed E-state index contributed by atoms with van der Waals surface area (Å²) in [7, 11) is -1.80. The van der Waals surface area contributed by atoms with Gasteiger partial charge in [0, 0.05) is 6.07 Å². The van der Waals surface area contributed by atoms with Gasteiger partial charge in [-0.3, -0.25) is 0 Å². The summed E-state index contributed by atoms with van der Waals surface area (Å²) in [5.74, 6) is -2.61. The van der Waals surface area contributed by atoms with Crippen LogP contribution in [-0.4, -0.2) is 17.2 Å². The second kappa shape index (κ2) is 5.98. The van der Waals surface area contributed by atoms with Crippen LogP contribution in [0, 0.1) is 17.5 Å². The Hall–Kier alpha value is -1.99. The van der Waals surface area contributed by atoms with Crippen LogP contribution in [0.4, 0.5) is 13.2 Å². The number of benzene rings is 2. The van der Waals surface area contributed by atoms with Crippen LogP contribution in [0.3, 0.4) is 0 Å². The molecule has 0 unspecified atom stereocenters. The summed E-state index contributed by atoms with van der Waals surface area (Å²) in [4.78, 5) is 0. The molecule has 2 aromatic carbocycles. The zero-order valence-corrected chi connectivity index (χ0v) is 10.2. The summed E-state index contributed by atoms with van der Waals surface area (Å²) in [6, 6.07) is 6.49. The predicted molar refractivity (Wildman–Crippen MR) is 66.9 cm³/mol. The fourth-order valence-electron chi connectivity index (χ4n) is 1.64. The molecule has 0 heterocycles. The SMILES string of the molecule is OB(O)c1cc(F)cc(COc2ccc(F)c(F)c2)c1. The molecule has 20 heavy (non-hydrogen) atoms. The number of ether oxygens (including phenoxy) is 1. The third kappa shape index (κ3) is 3.52. The maximum absolute atomic E-state index is 13.2. The van der Waals surface area contributed by atoms with Crippen LogP contribution in [0.15, 0.2) is 36.4 Å². The second-order valence-electron chi connectivity index (χ2n) is 4.13. The molecule has 2 N–H and O–H groups in total. The molecular weight excluding hydrogens is 272 g/mol. The minimum atomic E-state index is -1.80. The average molecular weight is 282 g/mol. The van der Waals surface area contributed by atoms with Crippen molar-refractivity contribution in [3.63, 3.8) is 0 Å². The topological polar surface area (TPSA) is 49.7 Å². The van der Waals surface area contributed by atoms with Crippen molar-refractivity contribution >= 4 is 12.6 Å². The molecule has 0 spiro atoms. The van der Waals surface area contributed by atoms with Crippen molar-refractivity contribution in [3.05, 3.63) is 59.4 Å². The lowest BCUT2D eigenvalue weighted by atomic mass is 9.79. The van der Waals surface area contributed by atoms with Crippen LogP contribution in [0.5, 0.6) is 5.75 Å². The highest BCUT2D eigenvalue weighted by Gasteiger charge is 2.13. The molecule has 2 aromatic rings. The Kier molecular flexibility index (Phi) is 4.31. The lowest BCUT2D eigenvalue weighted by molar-refractivity contribution is 0.302. The lowest BCUT2D eigenvalue weighted by Crippen LogP contribution is -2.30. The maximum atomic E-state index is 13.2. The Morgan fingerprint density at radius 1 is 0.950 bits per heavy atom. The third-order valence-corrected chi connectivity index (χ3v) is 2.57. The molecule has 0 bridgehead atoms. The van der Waals surface area contributed by atoms with Crippen LogP contribution >= 0.6 is 0 Å². The molecule has 0 saturated carbocycles. The van der Waals surface area contributed by atoms with Gasteiger partial charge in [-0.15, -0.1) is 0 Å². The Morgan fingerprint density at radius 3 is 2.35 bits per heavy atom. The first-order chi connectivity index (χ1) is 9.45. The first-order valence-corrected chi connectivity index (χ1v) is 5.69. The van der Waals surface area contributed by atoms with Gasteiger partial charge in [0.05, 0.1) is 0 Å². The van der Waals surface area contributed by atoms with E-state index in [9.17, 15) is 13.2 Å². The van der Waals surface area contributed by atoms with Gasteiger partial charge in [0.25, 0.3) is 0 Å². The van der Waals surface area contributed by atoms with E-state index in [1.807, 2.05) is 0 Å². The second-order valence-corrected chi connectivity index (χ2v) is 4.13. The van der Waals surface area contributed by atoms with Crippen LogP contribution in [0.1, 0.15) is 5.56 Å². The number of halogens is 3. The van der Waals surface area contributed by atoms with Crippen molar-refractivity contribution in [2.75, 3.05) is 0 Å². The smallest absolute Gasteiger partial charge is 0.488 e. The molecule has 0 aromatic heterocycles. The van der Waals surface area contributed by atoms with Crippen LogP contribution < -0.4 is 10.2 Å². The molecule has 7 heteroatoms. The first-order valence-electron chi connectivity index (χ1n) is 5.69. The molecule has 0 radical (unpaired) electrons. The molecular formula is C13H10BF3O3. The van der Waals surface area contributed by atoms with E-state index in [0.29, 0.717) is 5.56 Å². The summed E-state index contributed by atoms with van der Waals surface area (Å²) in [6.45, 7) is -0.122. The van der Waals surface area contributed by atoms with E-state index >= 15 is 0 Å².